The first-order valence-electron chi connectivity index (χ1n) is 5.02. The highest BCUT2D eigenvalue weighted by Gasteiger charge is 2.31. The molecule has 17 heavy (non-hydrogen) atoms. The van der Waals surface area contributed by atoms with Gasteiger partial charge >= 0.3 is 0 Å². The third-order valence-corrected chi connectivity index (χ3v) is 2.93. The molecule has 1 heterocycles. The third-order valence-electron chi connectivity index (χ3n) is 2.93. The van der Waals surface area contributed by atoms with E-state index in [-0.39, 0.29) is 28.7 Å². The van der Waals surface area contributed by atoms with Crippen LogP contribution in [-0.2, 0) is 0 Å². The average molecular weight is 227 g/mol. The van der Waals surface area contributed by atoms with Gasteiger partial charge in [0.05, 0.1) is 22.6 Å². The summed E-state index contributed by atoms with van der Waals surface area (Å²) in [6, 6.07) is 7.03. The molecule has 0 saturated carbocycles. The molecule has 0 radical (unpaired) electrons. The molecule has 1 aromatic carbocycles. The van der Waals surface area contributed by atoms with Gasteiger partial charge in [-0.2, -0.15) is 0 Å². The molecule has 5 heteroatoms. The van der Waals surface area contributed by atoms with Crippen molar-refractivity contribution in [3.8, 4) is 22.9 Å². The molecule has 3 rings (SSSR count). The number of hydrogen-bond donors (Lipinski definition) is 5. The van der Waals surface area contributed by atoms with E-state index < -0.39 is 0 Å². The molecule has 1 aliphatic rings. The fraction of sp³-hybridized carbons (Fsp3) is 0. The molecule has 0 fully saturated rings. The molecule has 1 aromatic heterocycles. The topological polar surface area (TPSA) is 104 Å². The molecule has 84 valence electrons. The van der Waals surface area contributed by atoms with Gasteiger partial charge in [0.15, 0.2) is 5.88 Å². The van der Waals surface area contributed by atoms with Crippen molar-refractivity contribution >= 4 is 11.4 Å². The fourth-order valence-corrected chi connectivity index (χ4v) is 2.16. The lowest BCUT2D eigenvalue weighted by Gasteiger charge is -2.18. The van der Waals surface area contributed by atoms with Gasteiger partial charge in [-0.05, 0) is 5.56 Å². The zero-order chi connectivity index (χ0) is 12.2. The first-order chi connectivity index (χ1) is 8.11. The lowest BCUT2D eigenvalue weighted by molar-refractivity contribution is 0.425. The summed E-state index contributed by atoms with van der Waals surface area (Å²) >= 11 is 0. The summed E-state index contributed by atoms with van der Waals surface area (Å²) < 4.78 is 0. The maximum atomic E-state index is 9.75. The summed E-state index contributed by atoms with van der Waals surface area (Å²) in [7, 11) is 0. The molecule has 0 unspecified atom stereocenters. The van der Waals surface area contributed by atoms with Crippen molar-refractivity contribution in [3.63, 3.8) is 0 Å². The Morgan fingerprint density at radius 3 is 2.12 bits per heavy atom. The molecule has 2 aromatic rings. The Morgan fingerprint density at radius 1 is 0.824 bits per heavy atom. The van der Waals surface area contributed by atoms with Gasteiger partial charge in [0.1, 0.15) is 0 Å². The number of nitrogens with one attached hydrogen (secondary N) is 3. The van der Waals surface area contributed by atoms with Crippen LogP contribution in [-0.4, -0.2) is 26.6 Å². The Labute approximate surface area is 96.4 Å². The molecule has 0 bridgehead atoms. The van der Waals surface area contributed by atoms with Gasteiger partial charge in [0.2, 0.25) is 5.88 Å². The standard InChI is InChI=1S/C12H9N3O2/c13-9-6-4-2-1-3-5(6)7-8(10(9)14)12(17)15-11(7)16/h1-4,13-17H. The van der Waals surface area contributed by atoms with Crippen LogP contribution in [0.5, 0.6) is 11.8 Å². The number of hydrogen-bond acceptors (Lipinski definition) is 4. The van der Waals surface area contributed by atoms with E-state index in [4.69, 9.17) is 10.8 Å². The van der Waals surface area contributed by atoms with Gasteiger partial charge in [0, 0.05) is 5.56 Å². The Morgan fingerprint density at radius 2 is 1.41 bits per heavy atom. The van der Waals surface area contributed by atoms with Crippen molar-refractivity contribution in [1.29, 1.82) is 10.8 Å². The number of aromatic hydroxyl groups is 2. The predicted octanol–water partition coefficient (Wildman–Crippen LogP) is 1.84. The van der Waals surface area contributed by atoms with Gasteiger partial charge in [-0.15, -0.1) is 0 Å². The third kappa shape index (κ3) is 1.08. The molecular weight excluding hydrogens is 218 g/mol. The van der Waals surface area contributed by atoms with Crippen LogP contribution in [0.1, 0.15) is 11.1 Å². The van der Waals surface area contributed by atoms with Crippen LogP contribution in [0.2, 0.25) is 0 Å². The predicted molar refractivity (Wildman–Crippen MR) is 63.2 cm³/mol. The summed E-state index contributed by atoms with van der Waals surface area (Å²) in [5.41, 5.74) is 1.76. The summed E-state index contributed by atoms with van der Waals surface area (Å²) in [5.74, 6) is -0.455. The second-order valence-corrected chi connectivity index (χ2v) is 3.87. The highest BCUT2D eigenvalue weighted by atomic mass is 16.3. The van der Waals surface area contributed by atoms with E-state index in [1.165, 1.54) is 0 Å². The van der Waals surface area contributed by atoms with Gasteiger partial charge in [0.25, 0.3) is 0 Å². The lowest BCUT2D eigenvalue weighted by atomic mass is 9.85. The lowest BCUT2D eigenvalue weighted by Crippen LogP contribution is -2.20. The monoisotopic (exact) mass is 227 g/mol. The van der Waals surface area contributed by atoms with E-state index >= 15 is 0 Å². The molecular formula is C12H9N3O2. The number of aromatic amines is 1. The highest BCUT2D eigenvalue weighted by molar-refractivity contribution is 6.55. The Bertz CT molecular complexity index is 670. The zero-order valence-corrected chi connectivity index (χ0v) is 8.70. The summed E-state index contributed by atoms with van der Waals surface area (Å²) in [6.07, 6.45) is 0. The summed E-state index contributed by atoms with van der Waals surface area (Å²) in [5, 5.41) is 35.1. The molecule has 5 nitrogen and oxygen atoms in total. The smallest absolute Gasteiger partial charge is 0.201 e. The van der Waals surface area contributed by atoms with Crippen LogP contribution < -0.4 is 0 Å². The van der Waals surface area contributed by atoms with Crippen LogP contribution in [0.4, 0.5) is 0 Å². The van der Waals surface area contributed by atoms with Crippen molar-refractivity contribution in [1.82, 2.24) is 4.98 Å². The molecule has 5 N–H and O–H groups in total. The largest absolute Gasteiger partial charge is 0.494 e. The molecule has 1 aliphatic carbocycles. The number of aromatic nitrogens is 1. The molecule has 0 spiro atoms. The van der Waals surface area contributed by atoms with Crippen LogP contribution in [0.25, 0.3) is 11.1 Å². The van der Waals surface area contributed by atoms with Crippen LogP contribution in [0.3, 0.4) is 0 Å². The molecule has 0 aliphatic heterocycles. The molecule has 0 saturated heterocycles. The van der Waals surface area contributed by atoms with Crippen molar-refractivity contribution in [2.24, 2.45) is 0 Å². The van der Waals surface area contributed by atoms with Crippen LogP contribution in [0.15, 0.2) is 24.3 Å². The van der Waals surface area contributed by atoms with Gasteiger partial charge in [-0.1, -0.05) is 24.3 Å². The Kier molecular flexibility index (Phi) is 1.69. The van der Waals surface area contributed by atoms with E-state index in [1.807, 2.05) is 0 Å². The quantitative estimate of drug-likeness (QED) is 0.474. The number of benzene rings is 1. The fourth-order valence-electron chi connectivity index (χ4n) is 2.16. The minimum Gasteiger partial charge on any atom is -0.494 e. The molecule has 0 atom stereocenters. The number of rotatable bonds is 0. The first kappa shape index (κ1) is 9.65. The van der Waals surface area contributed by atoms with Crippen molar-refractivity contribution < 1.29 is 10.2 Å². The summed E-state index contributed by atoms with van der Waals surface area (Å²) in [6.45, 7) is 0. The second kappa shape index (κ2) is 2.98. The zero-order valence-electron chi connectivity index (χ0n) is 8.70. The SMILES string of the molecule is N=C1C(=N)c2c(O)[nH]c(O)c2-c2ccccc21. The van der Waals surface area contributed by atoms with Gasteiger partial charge in [-0.3, -0.25) is 15.8 Å². The van der Waals surface area contributed by atoms with Crippen molar-refractivity contribution in [2.45, 2.75) is 0 Å². The average Bonchev–Trinajstić information content (AvgIpc) is 2.62. The van der Waals surface area contributed by atoms with Gasteiger partial charge in [-0.25, -0.2) is 0 Å². The van der Waals surface area contributed by atoms with Crippen molar-refractivity contribution in [3.05, 3.63) is 35.4 Å². The van der Waals surface area contributed by atoms with E-state index in [9.17, 15) is 10.2 Å². The van der Waals surface area contributed by atoms with Gasteiger partial charge < -0.3 is 10.2 Å². The van der Waals surface area contributed by atoms with Crippen LogP contribution >= 0.6 is 0 Å². The second-order valence-electron chi connectivity index (χ2n) is 3.87. The van der Waals surface area contributed by atoms with E-state index in [2.05, 4.69) is 4.98 Å². The Balaban J connectivity index is 2.46. The normalized spacial score (nSPS) is 13.4. The van der Waals surface area contributed by atoms with Crippen LogP contribution in [0, 0.1) is 10.8 Å². The van der Waals surface area contributed by atoms with E-state index in [1.54, 1.807) is 24.3 Å². The van der Waals surface area contributed by atoms with E-state index in [0.717, 1.165) is 0 Å². The summed E-state index contributed by atoms with van der Waals surface area (Å²) in [4.78, 5) is 2.38. The molecule has 0 amide bonds. The minimum absolute atomic E-state index is 0.0439. The maximum Gasteiger partial charge on any atom is 0.201 e. The van der Waals surface area contributed by atoms with E-state index in [0.29, 0.717) is 16.7 Å². The highest BCUT2D eigenvalue weighted by Crippen LogP contribution is 2.43. The van der Waals surface area contributed by atoms with Crippen molar-refractivity contribution in [2.75, 3.05) is 0 Å². The Hall–Kier alpha value is -2.56. The first-order valence-corrected chi connectivity index (χ1v) is 5.02. The number of fused-ring (bicyclic) bond motifs is 3. The maximum absolute atomic E-state index is 9.75. The minimum atomic E-state index is -0.276. The number of H-pyrrole nitrogens is 1.